The second-order valence-electron chi connectivity index (χ2n) is 5.93. The van der Waals surface area contributed by atoms with Crippen molar-refractivity contribution in [2.24, 2.45) is 10.3 Å². The van der Waals surface area contributed by atoms with Crippen LogP contribution in [0.25, 0.3) is 0 Å². The predicted octanol–water partition coefficient (Wildman–Crippen LogP) is -0.208. The topological polar surface area (TPSA) is 165 Å². The van der Waals surface area contributed by atoms with Crippen LogP contribution in [-0.2, 0) is 16.6 Å². The van der Waals surface area contributed by atoms with Crippen molar-refractivity contribution < 1.29 is 27.4 Å². The molecular weight excluding hydrogens is 383 g/mol. The Kier molecular flexibility index (Phi) is 5.25. The molecule has 3 rings (SSSR count). The molecule has 5 N–H and O–H groups in total. The molecule has 146 valence electrons. The number of amidine groups is 1. The second kappa shape index (κ2) is 7.46. The van der Waals surface area contributed by atoms with Gasteiger partial charge in [-0.15, -0.1) is 0 Å². The molecule has 1 aromatic carbocycles. The van der Waals surface area contributed by atoms with Crippen LogP contribution in [0, 0.1) is 5.82 Å². The molecule has 11 nitrogen and oxygen atoms in total. The van der Waals surface area contributed by atoms with Gasteiger partial charge in [-0.25, -0.2) is 14.2 Å². The van der Waals surface area contributed by atoms with E-state index in [1.165, 1.54) is 12.1 Å². The number of ether oxygens (including phenoxy) is 1. The summed E-state index contributed by atoms with van der Waals surface area (Å²) in [5.74, 6) is -0.568. The Bertz CT molecular complexity index is 963. The molecule has 0 aliphatic heterocycles. The van der Waals surface area contributed by atoms with E-state index in [0.717, 1.165) is 11.1 Å². The third-order valence-corrected chi connectivity index (χ3v) is 4.45. The second-order valence-corrected chi connectivity index (χ2v) is 7.31. The van der Waals surface area contributed by atoms with Crippen molar-refractivity contribution in [3.05, 3.63) is 40.8 Å². The maximum atomic E-state index is 13.4. The Hall–Kier alpha value is -2.77. The van der Waals surface area contributed by atoms with Gasteiger partial charge in [0.2, 0.25) is 11.5 Å². The van der Waals surface area contributed by atoms with E-state index in [1.807, 2.05) is 0 Å². The van der Waals surface area contributed by atoms with Crippen molar-refractivity contribution in [2.75, 3.05) is 6.54 Å². The predicted molar refractivity (Wildman–Crippen MR) is 89.8 cm³/mol. The number of rotatable bonds is 7. The molecule has 1 aromatic heterocycles. The first-order valence-electron chi connectivity index (χ1n) is 7.80. The lowest BCUT2D eigenvalue weighted by molar-refractivity contribution is 0.197. The maximum Gasteiger partial charge on any atom is 0.287 e. The van der Waals surface area contributed by atoms with Gasteiger partial charge in [0.1, 0.15) is 11.9 Å². The summed E-state index contributed by atoms with van der Waals surface area (Å²) in [7, 11) is -3.87. The van der Waals surface area contributed by atoms with E-state index in [2.05, 4.69) is 30.1 Å². The minimum absolute atomic E-state index is 0.0233. The highest BCUT2D eigenvalue weighted by Gasteiger charge is 2.30. The van der Waals surface area contributed by atoms with E-state index >= 15 is 0 Å². The maximum absolute atomic E-state index is 13.4. The van der Waals surface area contributed by atoms with Gasteiger partial charge in [-0.1, -0.05) is 11.2 Å². The summed E-state index contributed by atoms with van der Waals surface area (Å²) in [5.41, 5.74) is 1.69. The van der Waals surface area contributed by atoms with Crippen LogP contribution in [0.3, 0.4) is 0 Å². The molecule has 2 atom stereocenters. The molecule has 13 heteroatoms. The summed E-state index contributed by atoms with van der Waals surface area (Å²) in [6.45, 7) is 1.43. The van der Waals surface area contributed by atoms with Crippen molar-refractivity contribution in [2.45, 2.75) is 25.5 Å². The van der Waals surface area contributed by atoms with Crippen molar-refractivity contribution in [1.29, 1.82) is 0 Å². The molecule has 2 aromatic rings. The fourth-order valence-electron chi connectivity index (χ4n) is 2.58. The normalized spacial score (nSPS) is 17.7. The Morgan fingerprint density at radius 3 is 3.04 bits per heavy atom. The van der Waals surface area contributed by atoms with Crippen LogP contribution in [0.5, 0.6) is 5.88 Å². The average Bonchev–Trinajstić information content (AvgIpc) is 3.03. The largest absolute Gasteiger partial charge is 0.469 e. The lowest BCUT2D eigenvalue weighted by Crippen LogP contribution is -2.38. The summed E-state index contributed by atoms with van der Waals surface area (Å²) in [5, 5.41) is 27.4. The number of fused-ring (bicyclic) bond motifs is 1. The highest BCUT2D eigenvalue weighted by molar-refractivity contribution is 7.87. The summed E-state index contributed by atoms with van der Waals surface area (Å²) in [4.78, 5) is 0. The van der Waals surface area contributed by atoms with Crippen LogP contribution >= 0.6 is 0 Å². The molecule has 0 unspecified atom stereocenters. The molecular formula is C14H17FN6O5S. The zero-order valence-corrected chi connectivity index (χ0v) is 14.9. The Labute approximate surface area is 153 Å². The average molecular weight is 400 g/mol. The van der Waals surface area contributed by atoms with Gasteiger partial charge in [-0.2, -0.15) is 13.1 Å². The number of nitrogens with zero attached hydrogens (tertiary/aromatic N) is 3. The van der Waals surface area contributed by atoms with Gasteiger partial charge in [0.05, 0.1) is 6.04 Å². The number of hydrogen-bond donors (Lipinski definition) is 4. The fraction of sp³-hybridized carbons (Fsp3) is 0.357. The van der Waals surface area contributed by atoms with Crippen LogP contribution in [0.1, 0.15) is 29.8 Å². The van der Waals surface area contributed by atoms with Crippen LogP contribution < -0.4 is 19.9 Å². The van der Waals surface area contributed by atoms with Gasteiger partial charge in [0, 0.05) is 6.54 Å². The third kappa shape index (κ3) is 4.50. The number of benzene rings is 1. The van der Waals surface area contributed by atoms with E-state index in [4.69, 9.17) is 9.88 Å². The smallest absolute Gasteiger partial charge is 0.287 e. The molecule has 1 heterocycles. The molecule has 0 spiro atoms. The van der Waals surface area contributed by atoms with E-state index in [9.17, 15) is 18.0 Å². The van der Waals surface area contributed by atoms with Crippen LogP contribution in [-0.4, -0.2) is 42.4 Å². The molecule has 0 amide bonds. The van der Waals surface area contributed by atoms with Gasteiger partial charge >= 0.3 is 0 Å². The number of nitrogens with one attached hydrogen (secondary N) is 2. The first-order valence-corrected chi connectivity index (χ1v) is 9.35. The molecule has 0 saturated carbocycles. The van der Waals surface area contributed by atoms with E-state index in [1.54, 1.807) is 13.0 Å². The van der Waals surface area contributed by atoms with Gasteiger partial charge in [-0.05, 0) is 46.9 Å². The quantitative estimate of drug-likeness (QED) is 0.214. The van der Waals surface area contributed by atoms with Crippen molar-refractivity contribution in [3.8, 4) is 5.88 Å². The zero-order chi connectivity index (χ0) is 19.6. The summed E-state index contributed by atoms with van der Waals surface area (Å²) >= 11 is 0. The first kappa shape index (κ1) is 19.0. The highest BCUT2D eigenvalue weighted by Crippen LogP contribution is 2.34. The summed E-state index contributed by atoms with van der Waals surface area (Å²) < 4.78 is 47.4. The number of oxime groups is 1. The Morgan fingerprint density at radius 1 is 1.56 bits per heavy atom. The molecule has 1 aliphatic carbocycles. The van der Waals surface area contributed by atoms with Gasteiger partial charge in [0.25, 0.3) is 16.1 Å². The number of aromatic nitrogens is 2. The molecule has 0 radical (unpaired) electrons. The number of halogens is 1. The molecule has 0 bridgehead atoms. The molecule has 27 heavy (non-hydrogen) atoms. The monoisotopic (exact) mass is 400 g/mol. The van der Waals surface area contributed by atoms with Gasteiger partial charge in [-0.3, -0.25) is 0 Å². The van der Waals surface area contributed by atoms with E-state index < -0.39 is 16.3 Å². The SMILES string of the molecule is C[C@@H](CNS(N)(=O)=O)Oc1nonc1/C(=N/O)N[C@H]1Cc2ccc(F)cc21. The molecule has 1 aliphatic rings. The number of hydrogen-bond acceptors (Lipinski definition) is 8. The summed E-state index contributed by atoms with van der Waals surface area (Å²) in [6, 6.07) is 4.17. The number of nitrogens with two attached hydrogens (primary N) is 1. The Morgan fingerprint density at radius 2 is 2.33 bits per heavy atom. The van der Waals surface area contributed by atoms with E-state index in [-0.39, 0.29) is 35.8 Å². The van der Waals surface area contributed by atoms with Crippen LogP contribution in [0.15, 0.2) is 28.0 Å². The Balaban J connectivity index is 1.68. The molecule has 0 fully saturated rings. The standard InChI is InChI=1S/C14H17FN6O5S/c1-7(6-17-27(16,23)24)25-14-12(20-26-21-14)13(19-22)18-11-4-8-2-3-9(15)5-10(8)11/h2-3,5,7,11,17,22H,4,6H2,1H3,(H,18,19)(H2,16,23,24)/t7-,11-/m0/s1. The lowest BCUT2D eigenvalue weighted by atomic mass is 9.83. The highest BCUT2D eigenvalue weighted by atomic mass is 32.2. The van der Waals surface area contributed by atoms with Crippen molar-refractivity contribution >= 4 is 16.0 Å². The van der Waals surface area contributed by atoms with Gasteiger partial charge in [0.15, 0.2) is 0 Å². The minimum Gasteiger partial charge on any atom is -0.469 e. The first-order chi connectivity index (χ1) is 12.8. The summed E-state index contributed by atoms with van der Waals surface area (Å²) in [6.07, 6.45) is -0.0717. The van der Waals surface area contributed by atoms with Crippen LogP contribution in [0.2, 0.25) is 0 Å². The van der Waals surface area contributed by atoms with Crippen LogP contribution in [0.4, 0.5) is 4.39 Å². The zero-order valence-electron chi connectivity index (χ0n) is 14.1. The van der Waals surface area contributed by atoms with Crippen molar-refractivity contribution in [1.82, 2.24) is 20.4 Å². The fourth-order valence-corrected chi connectivity index (χ4v) is 3.05. The lowest BCUT2D eigenvalue weighted by Gasteiger charge is -2.31. The molecule has 0 saturated heterocycles. The van der Waals surface area contributed by atoms with Crippen molar-refractivity contribution in [3.63, 3.8) is 0 Å². The third-order valence-electron chi connectivity index (χ3n) is 3.89. The minimum atomic E-state index is -3.87. The van der Waals surface area contributed by atoms with E-state index in [0.29, 0.717) is 6.42 Å². The van der Waals surface area contributed by atoms with Gasteiger partial charge < -0.3 is 15.3 Å².